The zero-order valence-electron chi connectivity index (χ0n) is 19.1. The van der Waals surface area contributed by atoms with Crippen molar-refractivity contribution in [1.29, 1.82) is 0 Å². The van der Waals surface area contributed by atoms with Gasteiger partial charge in [-0.05, 0) is 23.8 Å². The lowest BCUT2D eigenvalue weighted by Gasteiger charge is -2.09. The first-order valence-electron chi connectivity index (χ1n) is 9.84. The number of aromatic nitrogens is 3. The Balaban J connectivity index is 1.56. The van der Waals surface area contributed by atoms with Crippen molar-refractivity contribution >= 4 is 35.5 Å². The molecule has 0 aliphatic rings. The Kier molecular flexibility index (Phi) is 8.40. The van der Waals surface area contributed by atoms with Crippen LogP contribution in [-0.4, -0.2) is 61.2 Å². The second-order valence-electron chi connectivity index (χ2n) is 6.60. The number of carbonyl (C=O) groups excluding carboxylic acids is 1. The van der Waals surface area contributed by atoms with Crippen molar-refractivity contribution in [3.05, 3.63) is 42.0 Å². The van der Waals surface area contributed by atoms with Gasteiger partial charge in [0.05, 0.1) is 40.4 Å². The molecule has 0 atom stereocenters. The molecule has 0 fully saturated rings. The van der Waals surface area contributed by atoms with Gasteiger partial charge in [0, 0.05) is 23.9 Å². The summed E-state index contributed by atoms with van der Waals surface area (Å²) in [6, 6.07) is 10.5. The van der Waals surface area contributed by atoms with Crippen molar-refractivity contribution < 1.29 is 23.7 Å². The Labute approximate surface area is 200 Å². The fourth-order valence-corrected chi connectivity index (χ4v) is 3.41. The van der Waals surface area contributed by atoms with Crippen LogP contribution in [0, 0.1) is 0 Å². The summed E-state index contributed by atoms with van der Waals surface area (Å²) < 4.78 is 22.1. The van der Waals surface area contributed by atoms with E-state index in [4.69, 9.17) is 24.8 Å². The number of methoxy groups -OCH3 is 4. The number of carbonyl (C=O) groups is 1. The average Bonchev–Trinajstić information content (AvgIpc) is 3.21. The molecule has 12 nitrogen and oxygen atoms in total. The summed E-state index contributed by atoms with van der Waals surface area (Å²) in [6.45, 7) is 0. The second kappa shape index (κ2) is 11.7. The van der Waals surface area contributed by atoms with Crippen molar-refractivity contribution in [3.8, 4) is 23.0 Å². The molecular formula is C21H25N7O5S. The zero-order chi connectivity index (χ0) is 24.5. The number of hydrogen-bond acceptors (Lipinski definition) is 11. The second-order valence-corrected chi connectivity index (χ2v) is 7.54. The molecule has 0 spiro atoms. The number of hydrogen-bond donors (Lipinski definition) is 3. The van der Waals surface area contributed by atoms with Crippen LogP contribution in [0.5, 0.6) is 23.0 Å². The van der Waals surface area contributed by atoms with Gasteiger partial charge in [0.25, 0.3) is 5.95 Å². The third-order valence-corrected chi connectivity index (χ3v) is 5.36. The summed E-state index contributed by atoms with van der Waals surface area (Å²) >= 11 is 1.12. The maximum Gasteiger partial charge on any atom is 0.264 e. The average molecular weight is 488 g/mol. The molecule has 3 rings (SSSR count). The molecule has 180 valence electrons. The highest BCUT2D eigenvalue weighted by atomic mass is 32.2. The number of benzene rings is 2. The highest BCUT2D eigenvalue weighted by Crippen LogP contribution is 2.27. The number of hydrazone groups is 1. The highest BCUT2D eigenvalue weighted by molar-refractivity contribution is 7.99. The van der Waals surface area contributed by atoms with E-state index in [-0.39, 0.29) is 17.6 Å². The van der Waals surface area contributed by atoms with Gasteiger partial charge in [-0.2, -0.15) is 5.10 Å². The van der Waals surface area contributed by atoms with Gasteiger partial charge in [-0.15, -0.1) is 10.2 Å². The van der Waals surface area contributed by atoms with E-state index >= 15 is 0 Å². The lowest BCUT2D eigenvalue weighted by atomic mass is 10.2. The minimum absolute atomic E-state index is 0.0593. The number of nitrogen functional groups attached to an aromatic ring is 1. The number of anilines is 2. The first kappa shape index (κ1) is 24.5. The van der Waals surface area contributed by atoms with Gasteiger partial charge in [-0.25, -0.2) is 10.1 Å². The van der Waals surface area contributed by atoms with Crippen LogP contribution >= 0.6 is 11.8 Å². The highest BCUT2D eigenvalue weighted by Gasteiger charge is 2.13. The van der Waals surface area contributed by atoms with E-state index in [1.54, 1.807) is 50.8 Å². The lowest BCUT2D eigenvalue weighted by molar-refractivity contribution is -0.113. The normalized spacial score (nSPS) is 10.7. The third-order valence-electron chi connectivity index (χ3n) is 4.42. The van der Waals surface area contributed by atoms with E-state index in [1.165, 1.54) is 18.9 Å². The molecule has 1 heterocycles. The summed E-state index contributed by atoms with van der Waals surface area (Å²) in [7, 11) is 6.19. The summed E-state index contributed by atoms with van der Waals surface area (Å²) in [4.78, 5) is 12.4. The number of amides is 1. The topological polar surface area (TPSA) is 147 Å². The molecule has 0 aliphatic carbocycles. The monoisotopic (exact) mass is 487 g/mol. The number of nitrogens with two attached hydrogens (primary N) is 1. The maximum absolute atomic E-state index is 12.4. The van der Waals surface area contributed by atoms with Crippen molar-refractivity contribution in [2.75, 3.05) is 50.8 Å². The van der Waals surface area contributed by atoms with Crippen LogP contribution < -0.4 is 35.5 Å². The van der Waals surface area contributed by atoms with Crippen LogP contribution in [0.3, 0.4) is 0 Å². The van der Waals surface area contributed by atoms with Crippen molar-refractivity contribution in [2.45, 2.75) is 5.16 Å². The van der Waals surface area contributed by atoms with E-state index in [0.717, 1.165) is 17.3 Å². The quantitative estimate of drug-likeness (QED) is 0.159. The van der Waals surface area contributed by atoms with Gasteiger partial charge in [0.15, 0.2) is 11.5 Å². The summed E-state index contributed by atoms with van der Waals surface area (Å²) in [6.07, 6.45) is 1.57. The molecule has 0 bridgehead atoms. The van der Waals surface area contributed by atoms with Gasteiger partial charge in [-0.1, -0.05) is 11.8 Å². The zero-order valence-corrected chi connectivity index (χ0v) is 19.9. The van der Waals surface area contributed by atoms with Crippen molar-refractivity contribution in [2.24, 2.45) is 5.10 Å². The standard InChI is InChI=1S/C21H25N7O5S/c1-30-15-8-14(9-16(10-15)31-2)24-19(29)12-34-21-27-26-20(28(21)22)25-23-11-13-5-6-17(32-3)18(7-13)33-4/h5-11H,12,22H2,1-4H3,(H,24,29)(H,25,26)/b23-11+. The maximum atomic E-state index is 12.4. The minimum Gasteiger partial charge on any atom is -0.497 e. The van der Waals surface area contributed by atoms with Crippen molar-refractivity contribution in [3.63, 3.8) is 0 Å². The van der Waals surface area contributed by atoms with E-state index in [2.05, 4.69) is 26.0 Å². The molecule has 1 aromatic heterocycles. The molecule has 0 aliphatic heterocycles. The van der Waals surface area contributed by atoms with E-state index in [0.29, 0.717) is 33.8 Å². The fourth-order valence-electron chi connectivity index (χ4n) is 2.76. The molecule has 13 heteroatoms. The first-order valence-corrected chi connectivity index (χ1v) is 10.8. The van der Waals surface area contributed by atoms with Crippen LogP contribution in [-0.2, 0) is 4.79 Å². The lowest BCUT2D eigenvalue weighted by Crippen LogP contribution is -2.17. The molecular weight excluding hydrogens is 462 g/mol. The van der Waals surface area contributed by atoms with Crippen LogP contribution in [0.2, 0.25) is 0 Å². The largest absolute Gasteiger partial charge is 0.497 e. The van der Waals surface area contributed by atoms with Crippen LogP contribution in [0.1, 0.15) is 5.56 Å². The number of ether oxygens (including phenoxy) is 4. The molecule has 1 amide bonds. The Bertz CT molecular complexity index is 1150. The van der Waals surface area contributed by atoms with E-state index in [9.17, 15) is 4.79 Å². The molecule has 34 heavy (non-hydrogen) atoms. The predicted octanol–water partition coefficient (Wildman–Crippen LogP) is 2.20. The number of rotatable bonds is 11. The smallest absolute Gasteiger partial charge is 0.264 e. The van der Waals surface area contributed by atoms with Gasteiger partial charge in [0.2, 0.25) is 11.1 Å². The van der Waals surface area contributed by atoms with Crippen LogP contribution in [0.25, 0.3) is 0 Å². The van der Waals surface area contributed by atoms with Gasteiger partial charge in [0.1, 0.15) is 11.5 Å². The first-order chi connectivity index (χ1) is 16.5. The molecule has 0 saturated carbocycles. The minimum atomic E-state index is -0.260. The fraction of sp³-hybridized carbons (Fsp3) is 0.238. The molecule has 2 aromatic carbocycles. The van der Waals surface area contributed by atoms with Crippen LogP contribution in [0.15, 0.2) is 46.7 Å². The molecule has 0 saturated heterocycles. The van der Waals surface area contributed by atoms with Crippen molar-refractivity contribution in [1.82, 2.24) is 14.9 Å². The number of thioether (sulfide) groups is 1. The Morgan fingerprint density at radius 1 is 1.03 bits per heavy atom. The van der Waals surface area contributed by atoms with E-state index < -0.39 is 0 Å². The molecule has 3 aromatic rings. The van der Waals surface area contributed by atoms with E-state index in [1.807, 2.05) is 6.07 Å². The Morgan fingerprint density at radius 2 is 1.74 bits per heavy atom. The molecule has 0 unspecified atom stereocenters. The third kappa shape index (κ3) is 6.22. The predicted molar refractivity (Wildman–Crippen MR) is 130 cm³/mol. The Morgan fingerprint density at radius 3 is 2.38 bits per heavy atom. The van der Waals surface area contributed by atoms with Gasteiger partial charge >= 0.3 is 0 Å². The van der Waals surface area contributed by atoms with Crippen LogP contribution in [0.4, 0.5) is 11.6 Å². The summed E-state index contributed by atoms with van der Waals surface area (Å²) in [5.41, 5.74) is 4.04. The summed E-state index contributed by atoms with van der Waals surface area (Å²) in [5.74, 6) is 8.34. The summed E-state index contributed by atoms with van der Waals surface area (Å²) in [5, 5.41) is 15.2. The molecule has 0 radical (unpaired) electrons. The van der Waals surface area contributed by atoms with Gasteiger partial charge in [-0.3, -0.25) is 4.79 Å². The number of nitrogens with zero attached hydrogens (tertiary/aromatic N) is 4. The SMILES string of the molecule is COc1cc(NC(=O)CSc2nnc(N/N=C/c3ccc(OC)c(OC)c3)n2N)cc(OC)c1. The van der Waals surface area contributed by atoms with Gasteiger partial charge < -0.3 is 30.1 Å². The Hall–Kier alpha value is -4.13. The number of nitrogens with one attached hydrogen (secondary N) is 2. The molecule has 4 N–H and O–H groups in total.